The number of carbonyl (C=O) groups is 2. The lowest BCUT2D eigenvalue weighted by atomic mass is 10.2. The predicted octanol–water partition coefficient (Wildman–Crippen LogP) is 1.91. The number of amides is 1. The van der Waals surface area contributed by atoms with Gasteiger partial charge < -0.3 is 14.8 Å². The number of para-hydroxylation sites is 1. The molecule has 1 N–H and O–H groups in total. The first kappa shape index (κ1) is 14.4. The van der Waals surface area contributed by atoms with Crippen LogP contribution in [0, 0.1) is 0 Å². The number of hydrogen-bond donors (Lipinski definition) is 1. The number of esters is 1. The first-order valence-electron chi connectivity index (χ1n) is 6.85. The van der Waals surface area contributed by atoms with Gasteiger partial charge in [0.25, 0.3) is 5.91 Å². The highest BCUT2D eigenvalue weighted by Crippen LogP contribution is 2.21. The lowest BCUT2D eigenvalue weighted by Gasteiger charge is -2.14. The number of carbonyl (C=O) groups excluding carboxylic acids is 2. The van der Waals surface area contributed by atoms with E-state index in [1.54, 1.807) is 31.2 Å². The molecule has 1 aliphatic carbocycles. The number of rotatable bonds is 6. The predicted molar refractivity (Wildman–Crippen MR) is 73.7 cm³/mol. The molecular weight excluding hydrogens is 258 g/mol. The molecule has 2 rings (SSSR count). The summed E-state index contributed by atoms with van der Waals surface area (Å²) in [6.07, 6.45) is 1.19. The molecule has 1 fully saturated rings. The molecule has 5 heteroatoms. The van der Waals surface area contributed by atoms with E-state index in [1.165, 1.54) is 0 Å². The molecule has 0 heterocycles. The van der Waals surface area contributed by atoms with Crippen LogP contribution in [0.2, 0.25) is 0 Å². The molecule has 1 atom stereocenters. The molecule has 5 nitrogen and oxygen atoms in total. The Labute approximate surface area is 118 Å². The van der Waals surface area contributed by atoms with Crippen LogP contribution in [0.4, 0.5) is 0 Å². The van der Waals surface area contributed by atoms with Crippen LogP contribution in [0.3, 0.4) is 0 Å². The van der Waals surface area contributed by atoms with Gasteiger partial charge in [0, 0.05) is 6.04 Å². The fourth-order valence-corrected chi connectivity index (χ4v) is 1.74. The van der Waals surface area contributed by atoms with Crippen molar-refractivity contribution in [1.29, 1.82) is 0 Å². The lowest BCUT2D eigenvalue weighted by Crippen LogP contribution is -2.37. The molecule has 0 aromatic heterocycles. The van der Waals surface area contributed by atoms with Gasteiger partial charge in [0.15, 0.2) is 6.10 Å². The highest BCUT2D eigenvalue weighted by atomic mass is 16.5. The molecule has 1 amide bonds. The highest BCUT2D eigenvalue weighted by Gasteiger charge is 2.27. The topological polar surface area (TPSA) is 64.6 Å². The third-order valence-corrected chi connectivity index (χ3v) is 2.98. The van der Waals surface area contributed by atoms with Gasteiger partial charge in [-0.25, -0.2) is 4.79 Å². The van der Waals surface area contributed by atoms with Crippen molar-refractivity contribution in [1.82, 2.24) is 5.32 Å². The maximum Gasteiger partial charge on any atom is 0.342 e. The second-order valence-corrected chi connectivity index (χ2v) is 4.76. The van der Waals surface area contributed by atoms with Crippen molar-refractivity contribution < 1.29 is 19.1 Å². The average Bonchev–Trinajstić information content (AvgIpc) is 3.23. The van der Waals surface area contributed by atoms with Crippen LogP contribution >= 0.6 is 0 Å². The zero-order chi connectivity index (χ0) is 14.5. The molecular formula is C15H19NO4. The van der Waals surface area contributed by atoms with Crippen molar-refractivity contribution >= 4 is 11.9 Å². The molecule has 108 valence electrons. The van der Waals surface area contributed by atoms with Crippen molar-refractivity contribution in [2.45, 2.75) is 38.8 Å². The van der Waals surface area contributed by atoms with Gasteiger partial charge in [-0.1, -0.05) is 12.1 Å². The summed E-state index contributed by atoms with van der Waals surface area (Å²) in [6.45, 7) is 3.87. The number of ether oxygens (including phenoxy) is 2. The standard InChI is InChI=1S/C15H19NO4/c1-3-19-13-7-5-4-6-12(13)15(18)20-10(2)14(17)16-11-8-9-11/h4-7,10-11H,3,8-9H2,1-2H3,(H,16,17)/t10-/m1/s1. The van der Waals surface area contributed by atoms with E-state index in [1.807, 2.05) is 6.92 Å². The fraction of sp³-hybridized carbons (Fsp3) is 0.467. The van der Waals surface area contributed by atoms with E-state index in [4.69, 9.17) is 9.47 Å². The molecule has 0 unspecified atom stereocenters. The first-order valence-corrected chi connectivity index (χ1v) is 6.85. The molecule has 20 heavy (non-hydrogen) atoms. The Hall–Kier alpha value is -2.04. The molecule has 0 aliphatic heterocycles. The van der Waals surface area contributed by atoms with Crippen LogP contribution in [-0.2, 0) is 9.53 Å². The summed E-state index contributed by atoms with van der Waals surface area (Å²) in [5.74, 6) is -0.336. The second-order valence-electron chi connectivity index (χ2n) is 4.76. The normalized spacial score (nSPS) is 15.3. The van der Waals surface area contributed by atoms with Gasteiger partial charge in [0.2, 0.25) is 0 Å². The number of nitrogens with one attached hydrogen (secondary N) is 1. The molecule has 1 aromatic rings. The third-order valence-electron chi connectivity index (χ3n) is 2.98. The van der Waals surface area contributed by atoms with Gasteiger partial charge in [0.1, 0.15) is 11.3 Å². The fourth-order valence-electron chi connectivity index (χ4n) is 1.74. The molecule has 0 radical (unpaired) electrons. The lowest BCUT2D eigenvalue weighted by molar-refractivity contribution is -0.129. The van der Waals surface area contributed by atoms with Crippen LogP contribution in [0.25, 0.3) is 0 Å². The van der Waals surface area contributed by atoms with Crippen LogP contribution in [0.1, 0.15) is 37.0 Å². The Bertz CT molecular complexity index is 496. The zero-order valence-corrected chi connectivity index (χ0v) is 11.7. The quantitative estimate of drug-likeness (QED) is 0.807. The molecule has 0 spiro atoms. The van der Waals surface area contributed by atoms with Crippen LogP contribution in [0.15, 0.2) is 24.3 Å². The van der Waals surface area contributed by atoms with E-state index in [-0.39, 0.29) is 11.9 Å². The van der Waals surface area contributed by atoms with E-state index >= 15 is 0 Å². The van der Waals surface area contributed by atoms with Gasteiger partial charge >= 0.3 is 5.97 Å². The van der Waals surface area contributed by atoms with Crippen LogP contribution < -0.4 is 10.1 Å². The highest BCUT2D eigenvalue weighted by molar-refractivity contribution is 5.94. The van der Waals surface area contributed by atoms with Gasteiger partial charge in [0.05, 0.1) is 6.61 Å². The molecule has 0 saturated heterocycles. The van der Waals surface area contributed by atoms with Gasteiger partial charge in [-0.2, -0.15) is 0 Å². The van der Waals surface area contributed by atoms with Gasteiger partial charge in [-0.3, -0.25) is 4.79 Å². The Morgan fingerprint density at radius 3 is 2.70 bits per heavy atom. The SMILES string of the molecule is CCOc1ccccc1C(=O)O[C@H](C)C(=O)NC1CC1. The summed E-state index contributed by atoms with van der Waals surface area (Å²) < 4.78 is 10.6. The van der Waals surface area contributed by atoms with Crippen molar-refractivity contribution in [3.8, 4) is 5.75 Å². The minimum Gasteiger partial charge on any atom is -0.493 e. The Balaban J connectivity index is 1.98. The molecule has 1 saturated carbocycles. The van der Waals surface area contributed by atoms with E-state index in [2.05, 4.69) is 5.32 Å². The second kappa shape index (κ2) is 6.41. The first-order chi connectivity index (χ1) is 9.61. The maximum absolute atomic E-state index is 12.1. The summed E-state index contributed by atoms with van der Waals surface area (Å²) in [4.78, 5) is 23.8. The van der Waals surface area contributed by atoms with Gasteiger partial charge in [-0.15, -0.1) is 0 Å². The third kappa shape index (κ3) is 3.73. The van der Waals surface area contributed by atoms with E-state index in [9.17, 15) is 9.59 Å². The minimum atomic E-state index is -0.808. The van der Waals surface area contributed by atoms with E-state index in [0.717, 1.165) is 12.8 Å². The number of benzene rings is 1. The Kier molecular flexibility index (Phi) is 4.61. The average molecular weight is 277 g/mol. The van der Waals surface area contributed by atoms with E-state index in [0.29, 0.717) is 17.9 Å². The van der Waals surface area contributed by atoms with Crippen LogP contribution in [0.5, 0.6) is 5.75 Å². The summed E-state index contributed by atoms with van der Waals surface area (Å²) in [6, 6.07) is 7.09. The minimum absolute atomic E-state index is 0.249. The van der Waals surface area contributed by atoms with E-state index < -0.39 is 12.1 Å². The van der Waals surface area contributed by atoms with Crippen LogP contribution in [-0.4, -0.2) is 30.6 Å². The summed E-state index contributed by atoms with van der Waals surface area (Å²) in [7, 11) is 0. The molecule has 1 aromatic carbocycles. The zero-order valence-electron chi connectivity index (χ0n) is 11.7. The summed E-state index contributed by atoms with van der Waals surface area (Å²) in [5, 5.41) is 2.80. The Morgan fingerprint density at radius 1 is 1.35 bits per heavy atom. The smallest absolute Gasteiger partial charge is 0.342 e. The molecule has 1 aliphatic rings. The monoisotopic (exact) mass is 277 g/mol. The van der Waals surface area contributed by atoms with Crippen molar-refractivity contribution in [2.24, 2.45) is 0 Å². The summed E-state index contributed by atoms with van der Waals surface area (Å²) in [5.41, 5.74) is 0.334. The van der Waals surface area contributed by atoms with Gasteiger partial charge in [-0.05, 0) is 38.8 Å². The van der Waals surface area contributed by atoms with Crippen molar-refractivity contribution in [2.75, 3.05) is 6.61 Å². The van der Waals surface area contributed by atoms with Crippen molar-refractivity contribution in [3.05, 3.63) is 29.8 Å². The molecule has 0 bridgehead atoms. The van der Waals surface area contributed by atoms with Crippen molar-refractivity contribution in [3.63, 3.8) is 0 Å². The number of hydrogen-bond acceptors (Lipinski definition) is 4. The maximum atomic E-state index is 12.1. The summed E-state index contributed by atoms with van der Waals surface area (Å²) >= 11 is 0. The largest absolute Gasteiger partial charge is 0.493 e. The Morgan fingerprint density at radius 2 is 2.05 bits per heavy atom.